The Kier molecular flexibility index (Phi) is 8.37. The molecular weight excluding hydrogens is 503 g/mol. The van der Waals surface area contributed by atoms with Gasteiger partial charge in [0.25, 0.3) is 0 Å². The van der Waals surface area contributed by atoms with E-state index in [1.165, 1.54) is 21.6 Å². The van der Waals surface area contributed by atoms with Gasteiger partial charge in [0.2, 0.25) is 0 Å². The highest BCUT2D eigenvalue weighted by molar-refractivity contribution is 7.97. The molecule has 0 aromatic heterocycles. The third kappa shape index (κ3) is 6.10. The maximum absolute atomic E-state index is 9.75. The smallest absolute Gasteiger partial charge is 0.485 e. The molecule has 0 heterocycles. The van der Waals surface area contributed by atoms with E-state index in [-0.39, 0.29) is 22.9 Å². The van der Waals surface area contributed by atoms with Crippen LogP contribution in [0.25, 0.3) is 0 Å². The average molecular weight is 528 g/mol. The summed E-state index contributed by atoms with van der Waals surface area (Å²) in [7, 11) is -5.95. The van der Waals surface area contributed by atoms with Crippen LogP contribution in [0.4, 0.5) is 17.3 Å². The number of rotatable bonds is 5. The molecule has 1 nitrogen and oxygen atoms in total. The largest absolute Gasteiger partial charge is 0.673 e. The standard InChI is InChI=1S/C28H25OS2.BF4/c1-2-31(21-14-7-4-8-15-21)28-23-17-10-9-16-22(23)27(30)26-24(28)18-11-19-25(26)29-20-12-5-3-6-13-20;2-1(3,4)5/h3-19,25-26,28H,2H2,1H3;/q+1;-1. The minimum atomic E-state index is -6.00. The number of halogens is 4. The van der Waals surface area contributed by atoms with E-state index in [4.69, 9.17) is 17.0 Å². The molecule has 0 radical (unpaired) electrons. The first-order valence-electron chi connectivity index (χ1n) is 11.6. The van der Waals surface area contributed by atoms with Crippen molar-refractivity contribution in [1.29, 1.82) is 0 Å². The van der Waals surface area contributed by atoms with Gasteiger partial charge in [0.15, 0.2) is 10.1 Å². The van der Waals surface area contributed by atoms with Gasteiger partial charge in [-0.05, 0) is 48.4 Å². The molecule has 5 rings (SSSR count). The fraction of sp³-hybridized carbons (Fsp3) is 0.179. The van der Waals surface area contributed by atoms with Gasteiger partial charge in [0.05, 0.1) is 5.92 Å². The molecule has 4 atom stereocenters. The lowest BCUT2D eigenvalue weighted by molar-refractivity contribution is 0.222. The van der Waals surface area contributed by atoms with Crippen LogP contribution in [-0.4, -0.2) is 24.0 Å². The van der Waals surface area contributed by atoms with Gasteiger partial charge in [0.1, 0.15) is 17.6 Å². The first-order valence-corrected chi connectivity index (χ1v) is 13.5. The highest BCUT2D eigenvalue weighted by Crippen LogP contribution is 2.48. The van der Waals surface area contributed by atoms with Crippen LogP contribution in [0.2, 0.25) is 0 Å². The molecule has 36 heavy (non-hydrogen) atoms. The Labute approximate surface area is 217 Å². The Bertz CT molecular complexity index is 1240. The number of ether oxygens (including phenoxy) is 1. The molecule has 0 aliphatic heterocycles. The first-order chi connectivity index (χ1) is 17.3. The van der Waals surface area contributed by atoms with E-state index < -0.39 is 7.25 Å². The summed E-state index contributed by atoms with van der Waals surface area (Å²) < 4.78 is 45.5. The quantitative estimate of drug-likeness (QED) is 0.144. The van der Waals surface area contributed by atoms with Crippen molar-refractivity contribution < 1.29 is 22.0 Å². The lowest BCUT2D eigenvalue weighted by Gasteiger charge is -2.38. The molecule has 0 saturated carbocycles. The number of hydrogen-bond donors (Lipinski definition) is 0. The van der Waals surface area contributed by atoms with Gasteiger partial charge < -0.3 is 22.0 Å². The van der Waals surface area contributed by atoms with E-state index >= 15 is 0 Å². The second-order valence-electron chi connectivity index (χ2n) is 8.28. The predicted octanol–water partition coefficient (Wildman–Crippen LogP) is 8.02. The van der Waals surface area contributed by atoms with Crippen molar-refractivity contribution in [1.82, 2.24) is 0 Å². The molecule has 0 amide bonds. The van der Waals surface area contributed by atoms with Gasteiger partial charge >= 0.3 is 7.25 Å². The van der Waals surface area contributed by atoms with Gasteiger partial charge in [-0.1, -0.05) is 85.0 Å². The third-order valence-electron chi connectivity index (χ3n) is 6.03. The Morgan fingerprint density at radius 2 is 1.44 bits per heavy atom. The minimum Gasteiger partial charge on any atom is -0.485 e. The fourth-order valence-electron chi connectivity index (χ4n) is 4.67. The Balaban J connectivity index is 0.000000556. The number of para-hydroxylation sites is 1. The van der Waals surface area contributed by atoms with Crippen LogP contribution in [0, 0.1) is 5.92 Å². The van der Waals surface area contributed by atoms with Crippen LogP contribution in [0.15, 0.2) is 114 Å². The van der Waals surface area contributed by atoms with Crippen LogP contribution < -0.4 is 4.74 Å². The number of hydrogen-bond acceptors (Lipinski definition) is 2. The Hall–Kier alpha value is -2.84. The number of fused-ring (bicyclic) bond motifs is 2. The lowest BCUT2D eigenvalue weighted by atomic mass is 9.74. The van der Waals surface area contributed by atoms with E-state index in [9.17, 15) is 17.3 Å². The van der Waals surface area contributed by atoms with Crippen molar-refractivity contribution in [3.63, 3.8) is 0 Å². The van der Waals surface area contributed by atoms with Crippen molar-refractivity contribution in [3.05, 3.63) is 120 Å². The highest BCUT2D eigenvalue weighted by atomic mass is 32.2. The van der Waals surface area contributed by atoms with Crippen LogP contribution in [0.1, 0.15) is 23.3 Å². The molecule has 8 heteroatoms. The number of thiocarbonyl (C=S) groups is 1. The summed E-state index contributed by atoms with van der Waals surface area (Å²) in [5.74, 6) is 2.05. The van der Waals surface area contributed by atoms with Crippen molar-refractivity contribution in [2.45, 2.75) is 23.2 Å². The first kappa shape index (κ1) is 26.2. The van der Waals surface area contributed by atoms with Crippen LogP contribution in [-0.2, 0) is 10.9 Å². The second kappa shape index (κ2) is 11.5. The molecular formula is C28H25BF4OS2. The predicted molar refractivity (Wildman–Crippen MR) is 145 cm³/mol. The van der Waals surface area contributed by atoms with E-state index in [2.05, 4.69) is 79.7 Å². The topological polar surface area (TPSA) is 9.23 Å². The molecule has 2 aliphatic carbocycles. The Morgan fingerprint density at radius 1 is 0.861 bits per heavy atom. The zero-order valence-corrected chi connectivity index (χ0v) is 21.2. The van der Waals surface area contributed by atoms with Gasteiger partial charge in [-0.3, -0.25) is 0 Å². The van der Waals surface area contributed by atoms with Crippen LogP contribution in [0.3, 0.4) is 0 Å². The van der Waals surface area contributed by atoms with Gasteiger partial charge in [-0.25, -0.2) is 0 Å². The van der Waals surface area contributed by atoms with Crippen LogP contribution in [0.5, 0.6) is 5.75 Å². The number of allylic oxidation sites excluding steroid dienone is 2. The fourth-order valence-corrected chi connectivity index (χ4v) is 7.64. The normalized spacial score (nSPS) is 21.3. The molecule has 0 N–H and O–H groups in total. The molecule has 186 valence electrons. The Morgan fingerprint density at radius 3 is 2.08 bits per heavy atom. The second-order valence-corrected chi connectivity index (χ2v) is 11.1. The summed E-state index contributed by atoms with van der Waals surface area (Å²) >= 11 is 6.09. The van der Waals surface area contributed by atoms with Gasteiger partial charge in [-0.2, -0.15) is 0 Å². The summed E-state index contributed by atoms with van der Waals surface area (Å²) in [6.45, 7) is 2.30. The maximum Gasteiger partial charge on any atom is 0.673 e. The minimum absolute atomic E-state index is 0.0453. The average Bonchev–Trinajstić information content (AvgIpc) is 2.87. The monoisotopic (exact) mass is 528 g/mol. The van der Waals surface area contributed by atoms with Crippen molar-refractivity contribution in [2.75, 3.05) is 5.75 Å². The third-order valence-corrected chi connectivity index (χ3v) is 9.10. The summed E-state index contributed by atoms with van der Waals surface area (Å²) in [5.41, 5.74) is 3.96. The van der Waals surface area contributed by atoms with Gasteiger partial charge in [0, 0.05) is 21.3 Å². The zero-order valence-electron chi connectivity index (χ0n) is 19.6. The van der Waals surface area contributed by atoms with Crippen LogP contribution >= 0.6 is 12.2 Å². The molecule has 0 fully saturated rings. The summed E-state index contributed by atoms with van der Waals surface area (Å²) in [5, 5.41) is 0.312. The van der Waals surface area contributed by atoms with E-state index in [0.717, 1.165) is 16.4 Å². The highest BCUT2D eigenvalue weighted by Gasteiger charge is 2.48. The zero-order chi connectivity index (χ0) is 25.7. The molecule has 0 spiro atoms. The number of benzene rings is 3. The summed E-state index contributed by atoms with van der Waals surface area (Å²) in [4.78, 5) is 2.41. The van der Waals surface area contributed by atoms with E-state index in [1.54, 1.807) is 0 Å². The van der Waals surface area contributed by atoms with E-state index in [0.29, 0.717) is 5.25 Å². The molecule has 2 aliphatic rings. The molecule has 3 aromatic carbocycles. The summed E-state index contributed by atoms with van der Waals surface area (Å²) in [6, 6.07) is 29.7. The molecule has 0 bridgehead atoms. The molecule has 3 aromatic rings. The summed E-state index contributed by atoms with van der Waals surface area (Å²) in [6.07, 6.45) is 6.51. The SMILES string of the molecule is CC[S+](c1ccccc1)C1C2=CC=CC(Oc3ccccc3)C2C(=S)c2ccccc21.F[B-](F)(F)F. The van der Waals surface area contributed by atoms with Crippen molar-refractivity contribution >= 4 is 35.2 Å². The van der Waals surface area contributed by atoms with E-state index in [1.807, 2.05) is 30.3 Å². The van der Waals surface area contributed by atoms with Crippen molar-refractivity contribution in [3.8, 4) is 5.75 Å². The van der Waals surface area contributed by atoms with Crippen molar-refractivity contribution in [2.24, 2.45) is 5.92 Å². The van der Waals surface area contributed by atoms with Gasteiger partial charge in [-0.15, -0.1) is 0 Å². The maximum atomic E-state index is 9.75. The molecule has 0 saturated heterocycles. The lowest BCUT2D eigenvalue weighted by Crippen LogP contribution is -2.41. The molecule has 4 unspecified atom stereocenters.